The summed E-state index contributed by atoms with van der Waals surface area (Å²) < 4.78 is 39.7. The van der Waals surface area contributed by atoms with Crippen molar-refractivity contribution < 1.29 is 22.8 Å². The highest BCUT2D eigenvalue weighted by Crippen LogP contribution is 2.48. The Hall–Kier alpha value is -2.64. The lowest BCUT2D eigenvalue weighted by Crippen LogP contribution is -2.41. The minimum Gasteiger partial charge on any atom is -0.324 e. The number of Topliss-reactive ketones (excluding diaryl/α,β-unsaturated/α-hetero) is 1. The van der Waals surface area contributed by atoms with Gasteiger partial charge in [-0.05, 0) is 54.7 Å². The van der Waals surface area contributed by atoms with Crippen molar-refractivity contribution in [1.29, 1.82) is 0 Å². The summed E-state index contributed by atoms with van der Waals surface area (Å²) in [6.07, 6.45) is -3.72. The predicted octanol–water partition coefficient (Wildman–Crippen LogP) is 7.47. The van der Waals surface area contributed by atoms with Crippen LogP contribution in [0.1, 0.15) is 50.7 Å². The van der Waals surface area contributed by atoms with Crippen LogP contribution in [0.25, 0.3) is 0 Å². The van der Waals surface area contributed by atoms with Gasteiger partial charge in [-0.25, -0.2) is 0 Å². The Bertz CT molecular complexity index is 1260. The summed E-state index contributed by atoms with van der Waals surface area (Å²) in [5.74, 6) is -2.28. The molecule has 2 aromatic carbocycles. The van der Waals surface area contributed by atoms with Gasteiger partial charge in [-0.1, -0.05) is 49.2 Å². The first-order valence-electron chi connectivity index (χ1n) is 11.0. The Morgan fingerprint density at radius 3 is 2.37 bits per heavy atom. The van der Waals surface area contributed by atoms with E-state index in [4.69, 9.17) is 23.2 Å². The number of carbonyl (C=O) groups excluding carboxylic acids is 2. The molecule has 1 aliphatic carbocycles. The molecule has 0 radical (unpaired) electrons. The monoisotopic (exact) mass is 522 g/mol. The van der Waals surface area contributed by atoms with Crippen LogP contribution in [0.4, 0.5) is 18.9 Å². The van der Waals surface area contributed by atoms with Crippen LogP contribution in [-0.2, 0) is 15.8 Å². The molecular weight excluding hydrogens is 500 g/mol. The molecular formula is C26H23Cl2F3N2O2. The number of nitrogens with one attached hydrogen (secondary N) is 1. The Labute approximate surface area is 211 Å². The van der Waals surface area contributed by atoms with Crippen molar-refractivity contribution in [3.63, 3.8) is 0 Å². The van der Waals surface area contributed by atoms with Crippen LogP contribution >= 0.6 is 23.2 Å². The van der Waals surface area contributed by atoms with E-state index < -0.39 is 29.5 Å². The molecule has 2 aromatic rings. The van der Waals surface area contributed by atoms with Crippen LogP contribution in [0.5, 0.6) is 0 Å². The summed E-state index contributed by atoms with van der Waals surface area (Å²) >= 11 is 12.2. The summed E-state index contributed by atoms with van der Waals surface area (Å²) in [7, 11) is 0. The zero-order valence-electron chi connectivity index (χ0n) is 19.3. The van der Waals surface area contributed by atoms with E-state index in [9.17, 15) is 22.8 Å². The second-order valence-electron chi connectivity index (χ2n) is 9.74. The van der Waals surface area contributed by atoms with Crippen molar-refractivity contribution in [2.45, 2.75) is 45.7 Å². The summed E-state index contributed by atoms with van der Waals surface area (Å²) in [4.78, 5) is 31.5. The van der Waals surface area contributed by atoms with Crippen LogP contribution in [0.15, 0.2) is 58.7 Å². The second kappa shape index (κ2) is 9.10. The molecule has 9 heteroatoms. The van der Waals surface area contributed by atoms with Gasteiger partial charge in [-0.2, -0.15) is 13.2 Å². The van der Waals surface area contributed by atoms with Crippen molar-refractivity contribution in [1.82, 2.24) is 0 Å². The van der Waals surface area contributed by atoms with E-state index in [1.165, 1.54) is 0 Å². The molecule has 0 saturated heterocycles. The third kappa shape index (κ3) is 5.16. The number of benzene rings is 2. The van der Waals surface area contributed by atoms with Crippen LogP contribution in [0.3, 0.4) is 0 Å². The lowest BCUT2D eigenvalue weighted by Gasteiger charge is -2.39. The number of allylic oxidation sites excluding steroid dienone is 2. The number of rotatable bonds is 3. The smallest absolute Gasteiger partial charge is 0.324 e. The Balaban J connectivity index is 1.78. The Kier molecular flexibility index (Phi) is 6.62. The average Bonchev–Trinajstić information content (AvgIpc) is 2.73. The molecule has 4 rings (SSSR count). The molecule has 0 spiro atoms. The molecule has 1 amide bonds. The van der Waals surface area contributed by atoms with Crippen molar-refractivity contribution in [3.05, 3.63) is 74.9 Å². The fourth-order valence-corrected chi connectivity index (χ4v) is 5.11. The predicted molar refractivity (Wildman–Crippen MR) is 131 cm³/mol. The number of amides is 1. The van der Waals surface area contributed by atoms with Gasteiger partial charge in [-0.15, -0.1) is 0 Å². The molecule has 1 aliphatic heterocycles. The first-order valence-corrected chi connectivity index (χ1v) is 11.8. The lowest BCUT2D eigenvalue weighted by molar-refractivity contribution is -0.137. The first-order chi connectivity index (χ1) is 16.3. The van der Waals surface area contributed by atoms with Crippen molar-refractivity contribution in [2.75, 3.05) is 5.32 Å². The fraction of sp³-hybridized carbons (Fsp3) is 0.346. The first kappa shape index (κ1) is 25.5. The molecule has 184 valence electrons. The summed E-state index contributed by atoms with van der Waals surface area (Å²) in [5, 5.41) is 3.01. The van der Waals surface area contributed by atoms with E-state index >= 15 is 0 Å². The van der Waals surface area contributed by atoms with E-state index in [-0.39, 0.29) is 21.9 Å². The second-order valence-corrected chi connectivity index (χ2v) is 10.6. The molecule has 2 aliphatic rings. The third-order valence-electron chi connectivity index (χ3n) is 6.37. The molecule has 1 unspecified atom stereocenters. The SMILES string of the molecule is CC1=NC2=C(C(=O)CC(C)(C)C2)[C@@H](c2ccc(Cl)cc2)C1C(=O)Nc1cc(C(F)(F)F)ccc1Cl. The maximum atomic E-state index is 13.6. The average molecular weight is 523 g/mol. The van der Waals surface area contributed by atoms with Gasteiger partial charge >= 0.3 is 6.18 Å². The van der Waals surface area contributed by atoms with Gasteiger partial charge < -0.3 is 5.32 Å². The minimum atomic E-state index is -4.60. The number of carbonyl (C=O) groups is 2. The van der Waals surface area contributed by atoms with E-state index in [2.05, 4.69) is 10.3 Å². The van der Waals surface area contributed by atoms with Gasteiger partial charge in [-0.3, -0.25) is 14.6 Å². The lowest BCUT2D eigenvalue weighted by atomic mass is 9.66. The van der Waals surface area contributed by atoms with Gasteiger partial charge in [0.2, 0.25) is 5.91 Å². The van der Waals surface area contributed by atoms with E-state index in [1.807, 2.05) is 13.8 Å². The standard InChI is InChI=1S/C26H23Cl2F3N2O2/c1-13-21(24(35)33-18-10-15(26(29,30)31)6-9-17(18)28)22(14-4-7-16(27)8-5-14)23-19(32-13)11-25(2,3)12-20(23)34/h4-10,21-22H,11-12H2,1-3H3,(H,33,35)/t21?,22-/m0/s1. The van der Waals surface area contributed by atoms with E-state index in [1.54, 1.807) is 31.2 Å². The highest BCUT2D eigenvalue weighted by atomic mass is 35.5. The van der Waals surface area contributed by atoms with Crippen LogP contribution in [-0.4, -0.2) is 17.4 Å². The highest BCUT2D eigenvalue weighted by Gasteiger charge is 2.45. The zero-order valence-corrected chi connectivity index (χ0v) is 20.8. The molecule has 0 aromatic heterocycles. The van der Waals surface area contributed by atoms with Gasteiger partial charge in [0.1, 0.15) is 0 Å². The summed E-state index contributed by atoms with van der Waals surface area (Å²) in [6, 6.07) is 9.59. The normalized spacial score (nSPS) is 21.9. The van der Waals surface area contributed by atoms with E-state index in [0.29, 0.717) is 40.4 Å². The number of ketones is 1. The molecule has 1 N–H and O–H groups in total. The maximum absolute atomic E-state index is 13.6. The van der Waals surface area contributed by atoms with Gasteiger partial charge in [0.05, 0.1) is 22.2 Å². The number of nitrogens with zero attached hydrogens (tertiary/aromatic N) is 1. The third-order valence-corrected chi connectivity index (χ3v) is 6.95. The largest absolute Gasteiger partial charge is 0.416 e. The molecule has 2 atom stereocenters. The Morgan fingerprint density at radius 2 is 1.74 bits per heavy atom. The molecule has 35 heavy (non-hydrogen) atoms. The number of alkyl halides is 3. The van der Waals surface area contributed by atoms with Crippen LogP contribution < -0.4 is 5.32 Å². The molecule has 1 heterocycles. The van der Waals surface area contributed by atoms with Crippen molar-refractivity contribution in [2.24, 2.45) is 16.3 Å². The van der Waals surface area contributed by atoms with Crippen LogP contribution in [0.2, 0.25) is 10.0 Å². The highest BCUT2D eigenvalue weighted by molar-refractivity contribution is 6.34. The quantitative estimate of drug-likeness (QED) is 0.454. The molecule has 0 saturated carbocycles. The molecule has 0 fully saturated rings. The molecule has 4 nitrogen and oxygen atoms in total. The number of halogens is 5. The number of aliphatic imine (C=N–C) groups is 1. The molecule has 0 bridgehead atoms. The number of anilines is 1. The fourth-order valence-electron chi connectivity index (χ4n) is 4.82. The van der Waals surface area contributed by atoms with Gasteiger partial charge in [0, 0.05) is 34.3 Å². The Morgan fingerprint density at radius 1 is 1.09 bits per heavy atom. The minimum absolute atomic E-state index is 0.0322. The van der Waals surface area contributed by atoms with Crippen molar-refractivity contribution in [3.8, 4) is 0 Å². The van der Waals surface area contributed by atoms with Crippen LogP contribution in [0, 0.1) is 11.3 Å². The number of hydrogen-bond donors (Lipinski definition) is 1. The number of hydrogen-bond acceptors (Lipinski definition) is 3. The topological polar surface area (TPSA) is 58.5 Å². The maximum Gasteiger partial charge on any atom is 0.416 e. The van der Waals surface area contributed by atoms with Crippen molar-refractivity contribution >= 4 is 46.3 Å². The zero-order chi connectivity index (χ0) is 25.7. The summed E-state index contributed by atoms with van der Waals surface area (Å²) in [6.45, 7) is 5.67. The van der Waals surface area contributed by atoms with E-state index in [0.717, 1.165) is 18.2 Å². The van der Waals surface area contributed by atoms with Gasteiger partial charge in [0.25, 0.3) is 0 Å². The van der Waals surface area contributed by atoms with Gasteiger partial charge in [0.15, 0.2) is 5.78 Å². The summed E-state index contributed by atoms with van der Waals surface area (Å²) in [5.41, 5.74) is 0.900.